The molecule has 8 heteroatoms. The van der Waals surface area contributed by atoms with Gasteiger partial charge in [-0.05, 0) is 45.4 Å². The van der Waals surface area contributed by atoms with E-state index in [2.05, 4.69) is 35.5 Å². The summed E-state index contributed by atoms with van der Waals surface area (Å²) in [5.74, 6) is 0.124. The second-order valence-corrected chi connectivity index (χ2v) is 7.97. The number of nitrogens with two attached hydrogens (primary N) is 1. The summed E-state index contributed by atoms with van der Waals surface area (Å²) < 4.78 is 27.9. The highest BCUT2D eigenvalue weighted by atomic mass is 32.2. The number of anilines is 2. The zero-order valence-corrected chi connectivity index (χ0v) is 14.1. The van der Waals surface area contributed by atoms with E-state index in [1.807, 2.05) is 0 Å². The minimum atomic E-state index is -3.33. The van der Waals surface area contributed by atoms with Crippen LogP contribution in [-0.4, -0.2) is 49.6 Å². The van der Waals surface area contributed by atoms with Crippen LogP contribution in [-0.2, 0) is 9.84 Å². The lowest BCUT2D eigenvalue weighted by Gasteiger charge is -2.20. The summed E-state index contributed by atoms with van der Waals surface area (Å²) in [4.78, 5) is 2.40. The second kappa shape index (κ2) is 7.24. The Morgan fingerprint density at radius 3 is 2.65 bits per heavy atom. The van der Waals surface area contributed by atoms with Gasteiger partial charge >= 0.3 is 0 Å². The highest BCUT2D eigenvalue weighted by Crippen LogP contribution is 2.32. The Hall–Kier alpha value is -0.860. The molecule has 0 fully saturated rings. The summed E-state index contributed by atoms with van der Waals surface area (Å²) in [6, 6.07) is 0.505. The smallest absolute Gasteiger partial charge is 0.184 e. The fourth-order valence-corrected chi connectivity index (χ4v) is 3.83. The first-order valence-electron chi connectivity index (χ1n) is 6.71. The van der Waals surface area contributed by atoms with Gasteiger partial charge in [0.1, 0.15) is 9.90 Å². The largest absolute Gasteiger partial charge is 0.382 e. The van der Waals surface area contributed by atoms with Gasteiger partial charge in [-0.25, -0.2) is 8.42 Å². The molecule has 0 saturated heterocycles. The molecule has 0 radical (unpaired) electrons. The fraction of sp³-hybridized carbons (Fsp3) is 0.750. The van der Waals surface area contributed by atoms with Gasteiger partial charge in [0.2, 0.25) is 0 Å². The molecule has 1 rings (SSSR count). The Kier molecular flexibility index (Phi) is 6.22. The van der Waals surface area contributed by atoms with E-state index in [-0.39, 0.29) is 16.5 Å². The first-order chi connectivity index (χ1) is 9.29. The molecule has 3 N–H and O–H groups in total. The Bertz CT molecular complexity index is 526. The van der Waals surface area contributed by atoms with Crippen molar-refractivity contribution < 1.29 is 8.42 Å². The van der Waals surface area contributed by atoms with Crippen LogP contribution in [0.5, 0.6) is 0 Å². The van der Waals surface area contributed by atoms with Crippen molar-refractivity contribution in [2.45, 2.75) is 38.1 Å². The minimum Gasteiger partial charge on any atom is -0.382 e. The van der Waals surface area contributed by atoms with Gasteiger partial charge in [-0.2, -0.15) is 4.37 Å². The first kappa shape index (κ1) is 17.2. The van der Waals surface area contributed by atoms with Crippen molar-refractivity contribution in [2.24, 2.45) is 0 Å². The zero-order chi connectivity index (χ0) is 15.3. The molecule has 6 nitrogen and oxygen atoms in total. The molecule has 0 aliphatic heterocycles. The third-order valence-corrected chi connectivity index (χ3v) is 5.96. The van der Waals surface area contributed by atoms with Crippen LogP contribution in [0, 0.1) is 0 Å². The molecule has 1 heterocycles. The van der Waals surface area contributed by atoms with Crippen molar-refractivity contribution in [3.05, 3.63) is 0 Å². The highest BCUT2D eigenvalue weighted by molar-refractivity contribution is 7.91. The van der Waals surface area contributed by atoms with Gasteiger partial charge in [0, 0.05) is 12.6 Å². The third kappa shape index (κ3) is 4.32. The van der Waals surface area contributed by atoms with Gasteiger partial charge < -0.3 is 16.0 Å². The van der Waals surface area contributed by atoms with Crippen molar-refractivity contribution in [3.8, 4) is 0 Å². The van der Waals surface area contributed by atoms with E-state index < -0.39 is 9.84 Å². The minimum absolute atomic E-state index is 0.0282. The number of nitrogens with zero attached hydrogens (tertiary/aromatic N) is 2. The average molecular weight is 320 g/mol. The molecule has 20 heavy (non-hydrogen) atoms. The molecule has 0 aromatic carbocycles. The molecule has 0 atom stereocenters. The maximum Gasteiger partial charge on any atom is 0.184 e. The molecule has 0 saturated carbocycles. The molecule has 0 aliphatic rings. The Labute approximate surface area is 125 Å². The number of rotatable bonds is 8. The molecule has 1 aromatic heterocycles. The lowest BCUT2D eigenvalue weighted by molar-refractivity contribution is 0.273. The maximum absolute atomic E-state index is 12.0. The normalized spacial score (nSPS) is 12.3. The standard InChI is InChI=1S/C12H24N4O2S2/c1-5-20(17,18)10-11(13)15-19-12(10)14-7-6-8-16(4)9(2)3/h9,14H,5-8H2,1-4H3,(H2,13,15). The van der Waals surface area contributed by atoms with Crippen LogP contribution in [0.15, 0.2) is 4.90 Å². The van der Waals surface area contributed by atoms with Gasteiger partial charge in [-0.3, -0.25) is 0 Å². The quantitative estimate of drug-likeness (QED) is 0.708. The highest BCUT2D eigenvalue weighted by Gasteiger charge is 2.23. The summed E-state index contributed by atoms with van der Waals surface area (Å²) >= 11 is 1.10. The number of hydrogen-bond donors (Lipinski definition) is 2. The molecule has 0 unspecified atom stereocenters. The predicted octanol–water partition coefficient (Wildman–Crippen LogP) is 1.66. The molecule has 0 amide bonds. The molecule has 0 spiro atoms. The Morgan fingerprint density at radius 1 is 1.45 bits per heavy atom. The van der Waals surface area contributed by atoms with E-state index in [1.165, 1.54) is 0 Å². The van der Waals surface area contributed by atoms with E-state index in [0.717, 1.165) is 24.5 Å². The van der Waals surface area contributed by atoms with Gasteiger partial charge in [0.15, 0.2) is 15.7 Å². The molecule has 0 bridgehead atoms. The zero-order valence-electron chi connectivity index (χ0n) is 12.5. The first-order valence-corrected chi connectivity index (χ1v) is 9.14. The van der Waals surface area contributed by atoms with Crippen LogP contribution in [0.4, 0.5) is 10.8 Å². The van der Waals surface area contributed by atoms with Crippen LogP contribution < -0.4 is 11.1 Å². The molecule has 0 aliphatic carbocycles. The molecular formula is C12H24N4O2S2. The number of nitrogens with one attached hydrogen (secondary N) is 1. The van der Waals surface area contributed by atoms with Gasteiger partial charge in [-0.1, -0.05) is 6.92 Å². The van der Waals surface area contributed by atoms with Crippen LogP contribution in [0.25, 0.3) is 0 Å². The Balaban J connectivity index is 2.62. The van der Waals surface area contributed by atoms with E-state index in [0.29, 0.717) is 17.6 Å². The molecular weight excluding hydrogens is 296 g/mol. The summed E-state index contributed by atoms with van der Waals surface area (Å²) in [5.41, 5.74) is 5.67. The fourth-order valence-electron chi connectivity index (χ4n) is 1.64. The number of hydrogen-bond acceptors (Lipinski definition) is 7. The van der Waals surface area contributed by atoms with Gasteiger partial charge in [0.05, 0.1) is 5.75 Å². The lowest BCUT2D eigenvalue weighted by atomic mass is 10.3. The lowest BCUT2D eigenvalue weighted by Crippen LogP contribution is -2.28. The van der Waals surface area contributed by atoms with Gasteiger partial charge in [0.25, 0.3) is 0 Å². The van der Waals surface area contributed by atoms with Crippen LogP contribution in [0.3, 0.4) is 0 Å². The summed E-state index contributed by atoms with van der Waals surface area (Å²) in [6.07, 6.45) is 0.929. The number of aromatic nitrogens is 1. The van der Waals surface area contributed by atoms with E-state index in [4.69, 9.17) is 5.73 Å². The summed E-state index contributed by atoms with van der Waals surface area (Å²) in [7, 11) is -1.26. The number of sulfone groups is 1. The van der Waals surface area contributed by atoms with E-state index in [1.54, 1.807) is 6.92 Å². The Morgan fingerprint density at radius 2 is 2.10 bits per heavy atom. The second-order valence-electron chi connectivity index (χ2n) is 4.98. The van der Waals surface area contributed by atoms with Crippen molar-refractivity contribution in [1.29, 1.82) is 0 Å². The third-order valence-electron chi connectivity index (χ3n) is 3.22. The van der Waals surface area contributed by atoms with Crippen molar-refractivity contribution in [1.82, 2.24) is 9.27 Å². The maximum atomic E-state index is 12.0. The summed E-state index contributed by atoms with van der Waals surface area (Å²) in [6.45, 7) is 7.54. The molecule has 1 aromatic rings. The van der Waals surface area contributed by atoms with E-state index >= 15 is 0 Å². The van der Waals surface area contributed by atoms with Crippen LogP contribution in [0.1, 0.15) is 27.2 Å². The average Bonchev–Trinajstić information content (AvgIpc) is 2.76. The number of nitrogen functional groups attached to an aromatic ring is 1. The van der Waals surface area contributed by atoms with Crippen molar-refractivity contribution >= 4 is 32.2 Å². The van der Waals surface area contributed by atoms with Gasteiger partial charge in [-0.15, -0.1) is 0 Å². The van der Waals surface area contributed by atoms with Crippen LogP contribution in [0.2, 0.25) is 0 Å². The van der Waals surface area contributed by atoms with Crippen LogP contribution >= 0.6 is 11.5 Å². The SMILES string of the molecule is CCS(=O)(=O)c1c(N)nsc1NCCCN(C)C(C)C. The predicted molar refractivity (Wildman–Crippen MR) is 85.1 cm³/mol. The van der Waals surface area contributed by atoms with Crippen molar-refractivity contribution in [2.75, 3.05) is 36.9 Å². The summed E-state index contributed by atoms with van der Waals surface area (Å²) in [5, 5.41) is 3.69. The monoisotopic (exact) mass is 320 g/mol. The molecule has 116 valence electrons. The topological polar surface area (TPSA) is 88.3 Å². The van der Waals surface area contributed by atoms with E-state index in [9.17, 15) is 8.42 Å². The van der Waals surface area contributed by atoms with Crippen molar-refractivity contribution in [3.63, 3.8) is 0 Å².